The van der Waals surface area contributed by atoms with Crippen LogP contribution in [0.15, 0.2) is 30.3 Å². The third-order valence-corrected chi connectivity index (χ3v) is 5.19. The molecule has 1 aromatic carbocycles. The second-order valence-corrected chi connectivity index (χ2v) is 6.65. The van der Waals surface area contributed by atoms with Gasteiger partial charge in [0.15, 0.2) is 11.6 Å². The molecular formula is C18H19F2N3O. The maximum absolute atomic E-state index is 13.4. The van der Waals surface area contributed by atoms with Crippen LogP contribution >= 0.6 is 0 Å². The fraction of sp³-hybridized carbons (Fsp3) is 0.389. The van der Waals surface area contributed by atoms with Crippen molar-refractivity contribution in [2.45, 2.75) is 37.4 Å². The molecule has 2 aromatic rings. The summed E-state index contributed by atoms with van der Waals surface area (Å²) in [6, 6.07) is 8.27. The van der Waals surface area contributed by atoms with Crippen LogP contribution in [0.4, 0.5) is 8.78 Å². The number of hydrogen-bond donors (Lipinski definition) is 2. The first-order chi connectivity index (χ1) is 11.5. The monoisotopic (exact) mass is 331 g/mol. The van der Waals surface area contributed by atoms with E-state index in [-0.39, 0.29) is 11.9 Å². The number of amides is 1. The molecule has 0 spiro atoms. The van der Waals surface area contributed by atoms with E-state index in [4.69, 9.17) is 0 Å². The van der Waals surface area contributed by atoms with Crippen molar-refractivity contribution in [3.63, 3.8) is 0 Å². The number of fused-ring (bicyclic) bond motifs is 2. The van der Waals surface area contributed by atoms with Gasteiger partial charge < -0.3 is 15.2 Å². The van der Waals surface area contributed by atoms with Gasteiger partial charge in [0.2, 0.25) is 0 Å². The Labute approximate surface area is 138 Å². The molecular weight excluding hydrogens is 312 g/mol. The molecule has 2 N–H and O–H groups in total. The van der Waals surface area contributed by atoms with E-state index in [1.54, 1.807) is 23.7 Å². The molecule has 2 saturated heterocycles. The summed E-state index contributed by atoms with van der Waals surface area (Å²) in [7, 11) is 1.75. The lowest BCUT2D eigenvalue weighted by Crippen LogP contribution is -2.43. The lowest BCUT2D eigenvalue weighted by atomic mass is 9.95. The van der Waals surface area contributed by atoms with Crippen LogP contribution in [0, 0.1) is 11.6 Å². The highest BCUT2D eigenvalue weighted by Crippen LogP contribution is 2.29. The van der Waals surface area contributed by atoms with Crippen LogP contribution in [0.2, 0.25) is 0 Å². The Morgan fingerprint density at radius 3 is 2.71 bits per heavy atom. The van der Waals surface area contributed by atoms with Crippen LogP contribution < -0.4 is 10.6 Å². The van der Waals surface area contributed by atoms with Gasteiger partial charge in [-0.1, -0.05) is 0 Å². The molecule has 2 aliphatic rings. The molecule has 24 heavy (non-hydrogen) atoms. The zero-order chi connectivity index (χ0) is 16.8. The number of benzene rings is 1. The van der Waals surface area contributed by atoms with Crippen LogP contribution in [-0.4, -0.2) is 28.6 Å². The SMILES string of the molecule is Cn1c(C(=O)N[C@@H]2C[C@H]3CC[C@@H]2N3)ccc1-c1ccc(F)c(F)c1. The van der Waals surface area contributed by atoms with Crippen molar-refractivity contribution in [1.29, 1.82) is 0 Å². The average molecular weight is 331 g/mol. The highest BCUT2D eigenvalue weighted by Gasteiger charge is 2.39. The minimum Gasteiger partial charge on any atom is -0.346 e. The summed E-state index contributed by atoms with van der Waals surface area (Å²) in [5.74, 6) is -1.91. The van der Waals surface area contributed by atoms with Gasteiger partial charge in [-0.25, -0.2) is 8.78 Å². The topological polar surface area (TPSA) is 46.1 Å². The predicted octanol–water partition coefficient (Wildman–Crippen LogP) is 2.59. The molecule has 3 atom stereocenters. The first-order valence-corrected chi connectivity index (χ1v) is 8.21. The fourth-order valence-electron chi connectivity index (χ4n) is 3.91. The summed E-state index contributed by atoms with van der Waals surface area (Å²) < 4.78 is 28.3. The number of nitrogens with one attached hydrogen (secondary N) is 2. The Morgan fingerprint density at radius 1 is 1.21 bits per heavy atom. The van der Waals surface area contributed by atoms with Crippen molar-refractivity contribution in [1.82, 2.24) is 15.2 Å². The zero-order valence-corrected chi connectivity index (χ0v) is 13.4. The van der Waals surface area contributed by atoms with Crippen molar-refractivity contribution in [2.75, 3.05) is 0 Å². The second kappa shape index (κ2) is 5.70. The van der Waals surface area contributed by atoms with Gasteiger partial charge in [0.1, 0.15) is 5.69 Å². The van der Waals surface area contributed by atoms with Crippen LogP contribution in [0.25, 0.3) is 11.3 Å². The minimum atomic E-state index is -0.896. The predicted molar refractivity (Wildman–Crippen MR) is 86.6 cm³/mol. The van der Waals surface area contributed by atoms with Gasteiger partial charge >= 0.3 is 0 Å². The maximum atomic E-state index is 13.4. The number of nitrogens with zero attached hydrogens (tertiary/aromatic N) is 1. The van der Waals surface area contributed by atoms with Gasteiger partial charge in [0.25, 0.3) is 5.91 Å². The lowest BCUT2D eigenvalue weighted by molar-refractivity contribution is 0.0923. The van der Waals surface area contributed by atoms with Gasteiger partial charge in [-0.15, -0.1) is 0 Å². The quantitative estimate of drug-likeness (QED) is 0.908. The zero-order valence-electron chi connectivity index (χ0n) is 13.4. The van der Waals surface area contributed by atoms with Crippen molar-refractivity contribution in [3.8, 4) is 11.3 Å². The first-order valence-electron chi connectivity index (χ1n) is 8.21. The molecule has 0 radical (unpaired) electrons. The van der Waals surface area contributed by atoms with Crippen molar-refractivity contribution < 1.29 is 13.6 Å². The van der Waals surface area contributed by atoms with Crippen molar-refractivity contribution in [2.24, 2.45) is 7.05 Å². The molecule has 0 unspecified atom stereocenters. The number of aromatic nitrogens is 1. The van der Waals surface area contributed by atoms with Crippen molar-refractivity contribution >= 4 is 5.91 Å². The van der Waals surface area contributed by atoms with Crippen LogP contribution in [0.3, 0.4) is 0 Å². The molecule has 6 heteroatoms. The summed E-state index contributed by atoms with van der Waals surface area (Å²) in [5.41, 5.74) is 1.72. The second-order valence-electron chi connectivity index (χ2n) is 6.65. The number of rotatable bonds is 3. The van der Waals surface area contributed by atoms with Crippen LogP contribution in [0.5, 0.6) is 0 Å². The summed E-state index contributed by atoms with van der Waals surface area (Å²) >= 11 is 0. The molecule has 4 rings (SSSR count). The fourth-order valence-corrected chi connectivity index (χ4v) is 3.91. The summed E-state index contributed by atoms with van der Waals surface area (Å²) in [6.07, 6.45) is 3.25. The van der Waals surface area contributed by atoms with E-state index in [0.29, 0.717) is 29.0 Å². The number of halogens is 2. The molecule has 4 nitrogen and oxygen atoms in total. The van der Waals surface area contributed by atoms with Gasteiger partial charge in [-0.05, 0) is 49.6 Å². The average Bonchev–Trinajstić information content (AvgIpc) is 3.25. The molecule has 0 saturated carbocycles. The highest BCUT2D eigenvalue weighted by atomic mass is 19.2. The van der Waals surface area contributed by atoms with Gasteiger partial charge in [-0.2, -0.15) is 0 Å². The number of carbonyl (C=O) groups excluding carboxylic acids is 1. The van der Waals surface area contributed by atoms with E-state index in [1.165, 1.54) is 12.5 Å². The van der Waals surface area contributed by atoms with Crippen LogP contribution in [-0.2, 0) is 7.05 Å². The first kappa shape index (κ1) is 15.3. The molecule has 0 aliphatic carbocycles. The Hall–Kier alpha value is -2.21. The van der Waals surface area contributed by atoms with Gasteiger partial charge in [-0.3, -0.25) is 4.79 Å². The van der Waals surface area contributed by atoms with E-state index < -0.39 is 11.6 Å². The Kier molecular flexibility index (Phi) is 3.64. The van der Waals surface area contributed by atoms with E-state index in [2.05, 4.69) is 10.6 Å². The lowest BCUT2D eigenvalue weighted by Gasteiger charge is -2.21. The molecule has 1 amide bonds. The summed E-state index contributed by atoms with van der Waals surface area (Å²) in [4.78, 5) is 12.6. The van der Waals surface area contributed by atoms with E-state index >= 15 is 0 Å². The Bertz CT molecular complexity index is 802. The van der Waals surface area contributed by atoms with Crippen LogP contribution in [0.1, 0.15) is 29.8 Å². The smallest absolute Gasteiger partial charge is 0.268 e. The standard InChI is InChI=1S/C18H19F2N3O/c1-23-16(10-2-4-12(19)13(20)8-10)6-7-17(23)18(24)22-15-9-11-3-5-14(15)21-11/h2,4,6-8,11,14-15,21H,3,5,9H2,1H3,(H,22,24)/t11-,14+,15-/m1/s1. The Balaban J connectivity index is 1.55. The molecule has 1 aromatic heterocycles. The minimum absolute atomic E-state index is 0.134. The molecule has 3 heterocycles. The number of hydrogen-bond acceptors (Lipinski definition) is 2. The third kappa shape index (κ3) is 2.51. The third-order valence-electron chi connectivity index (χ3n) is 5.19. The largest absolute Gasteiger partial charge is 0.346 e. The number of carbonyl (C=O) groups is 1. The highest BCUT2D eigenvalue weighted by molar-refractivity contribution is 5.94. The molecule has 126 valence electrons. The van der Waals surface area contributed by atoms with E-state index in [1.807, 2.05) is 0 Å². The van der Waals surface area contributed by atoms with Gasteiger partial charge in [0, 0.05) is 36.4 Å². The van der Waals surface area contributed by atoms with E-state index in [9.17, 15) is 13.6 Å². The van der Waals surface area contributed by atoms with Gasteiger partial charge in [0.05, 0.1) is 0 Å². The normalized spacial score (nSPS) is 25.2. The van der Waals surface area contributed by atoms with Crippen molar-refractivity contribution in [3.05, 3.63) is 47.7 Å². The van der Waals surface area contributed by atoms with E-state index in [0.717, 1.165) is 25.0 Å². The molecule has 2 aliphatic heterocycles. The summed E-state index contributed by atoms with van der Waals surface area (Å²) in [6.45, 7) is 0. The Morgan fingerprint density at radius 2 is 2.04 bits per heavy atom. The molecule has 2 fully saturated rings. The molecule has 2 bridgehead atoms. The summed E-state index contributed by atoms with van der Waals surface area (Å²) in [5, 5.41) is 6.59. The maximum Gasteiger partial charge on any atom is 0.268 e.